The number of pyridine rings is 5. The van der Waals surface area contributed by atoms with E-state index in [9.17, 15) is 14.4 Å². The van der Waals surface area contributed by atoms with Crippen LogP contribution in [0.15, 0.2) is 162 Å². The molecule has 12 heterocycles. The molecule has 22 heteroatoms. The van der Waals surface area contributed by atoms with E-state index in [1.807, 2.05) is 96.0 Å². The van der Waals surface area contributed by atoms with Crippen molar-refractivity contribution in [3.63, 3.8) is 0 Å². The second kappa shape index (κ2) is 35.7. The number of carbonyl (C=O) groups excluding carboxylic acids is 1. The zero-order chi connectivity index (χ0) is 78.4. The molecule has 1 radical (unpaired) electrons. The minimum absolute atomic E-state index is 0. The predicted octanol–water partition coefficient (Wildman–Crippen LogP) is 17.8. The van der Waals surface area contributed by atoms with Crippen LogP contribution in [0.2, 0.25) is 0 Å². The van der Waals surface area contributed by atoms with Crippen molar-refractivity contribution < 1.29 is 23.4 Å². The Kier molecular flexibility index (Phi) is 29.3. The van der Waals surface area contributed by atoms with Crippen molar-refractivity contribution in [3.05, 3.63) is 236 Å². The molecule has 0 bridgehead atoms. The molecule has 0 aliphatic heterocycles. The molecule has 1 amide bonds. The van der Waals surface area contributed by atoms with Gasteiger partial charge in [0.25, 0.3) is 11.5 Å². The van der Waals surface area contributed by atoms with E-state index >= 15 is 0 Å². The van der Waals surface area contributed by atoms with Gasteiger partial charge >= 0.3 is 5.69 Å². The molecule has 13 aromatic rings. The van der Waals surface area contributed by atoms with Gasteiger partial charge in [-0.15, -0.1) is 16.7 Å². The van der Waals surface area contributed by atoms with Crippen LogP contribution in [0.5, 0.6) is 0 Å². The first-order valence-electron chi connectivity index (χ1n) is 35.3. The quantitative estimate of drug-likeness (QED) is 0.0956. The monoisotopic (exact) mass is 1490 g/mol. The summed E-state index contributed by atoms with van der Waals surface area (Å²) in [5.74, 6) is 0.437. The molecule has 0 saturated carbocycles. The number of aromatic amines is 3. The van der Waals surface area contributed by atoms with Crippen molar-refractivity contribution in [1.82, 2.24) is 79.3 Å². The first kappa shape index (κ1) is 87.1. The van der Waals surface area contributed by atoms with Gasteiger partial charge in [-0.1, -0.05) is 196 Å². The van der Waals surface area contributed by atoms with E-state index in [0.29, 0.717) is 22.5 Å². The SMILES string of the molecule is CC(C)(C)c1c[nH]c2nc[c-]cc12.CC(C)(C)c1cccnc1.CC(C)(C)c1ccnc2[nH]c(=O)[nH]c12.CC(C)(C)c1cnc2cccnn12.CC(C)(C)c1csc2c(N)ncnc12.CNC(=O)c1cc(C(C)(C)C)ccn1.Cc1ncccc1C(C)(C)C.Cn1cnc2ccc(C(C)(C)C)cc2c1=O.[V]. The average molecular weight is 1490 g/mol. The number of nitrogen functional groups attached to an aromatic ring is 1. The van der Waals surface area contributed by atoms with E-state index in [1.54, 1.807) is 62.7 Å². The summed E-state index contributed by atoms with van der Waals surface area (Å²) in [4.78, 5) is 80.3. The van der Waals surface area contributed by atoms with Crippen molar-refractivity contribution in [3.8, 4) is 0 Å². The predicted molar refractivity (Wildman–Crippen MR) is 434 cm³/mol. The van der Waals surface area contributed by atoms with Crippen LogP contribution in [0.1, 0.15) is 227 Å². The van der Waals surface area contributed by atoms with Crippen molar-refractivity contribution in [2.75, 3.05) is 12.8 Å². The van der Waals surface area contributed by atoms with E-state index in [4.69, 9.17) is 5.73 Å². The molecule has 13 rings (SSSR count). The van der Waals surface area contributed by atoms with E-state index in [-0.39, 0.29) is 79.0 Å². The number of amides is 1. The number of anilines is 1. The number of nitrogens with zero attached hydrogens (tertiary/aromatic N) is 12. The maximum absolute atomic E-state index is 11.9. The third-order valence-corrected chi connectivity index (χ3v) is 17.9. The van der Waals surface area contributed by atoms with E-state index in [1.165, 1.54) is 38.5 Å². The number of rotatable bonds is 1. The topological polar surface area (TPSA) is 275 Å². The number of hydrogen-bond donors (Lipinski definition) is 5. The van der Waals surface area contributed by atoms with E-state index < -0.39 is 0 Å². The van der Waals surface area contributed by atoms with Gasteiger partial charge in [0.2, 0.25) is 0 Å². The normalized spacial score (nSPS) is 11.8. The molecule has 0 spiro atoms. The summed E-state index contributed by atoms with van der Waals surface area (Å²) in [6.45, 7) is 53.8. The Bertz CT molecular complexity index is 5020. The average Bonchev–Trinajstić information content (AvgIpc) is 1.33. The minimum atomic E-state index is -0.204. The molecular formula is C84H112N17O3SV-. The molecule has 0 aliphatic rings. The number of fused-ring (bicyclic) bond motifs is 5. The van der Waals surface area contributed by atoms with Crippen molar-refractivity contribution in [1.29, 1.82) is 0 Å². The maximum atomic E-state index is 11.9. The molecule has 106 heavy (non-hydrogen) atoms. The molecule has 0 unspecified atom stereocenters. The molecule has 0 atom stereocenters. The summed E-state index contributed by atoms with van der Waals surface area (Å²) in [6.07, 6.45) is 19.4. The number of aromatic nitrogens is 15. The molecular weight excluding hydrogens is 1380 g/mol. The largest absolute Gasteiger partial charge is 0.382 e. The van der Waals surface area contributed by atoms with Crippen LogP contribution < -0.4 is 22.3 Å². The Labute approximate surface area is 642 Å². The second-order valence-electron chi connectivity index (χ2n) is 34.0. The molecule has 1 aromatic carbocycles. The zero-order valence-corrected chi connectivity index (χ0v) is 69.7. The van der Waals surface area contributed by atoms with Gasteiger partial charge in [-0.3, -0.25) is 34.5 Å². The molecule has 12 aromatic heterocycles. The van der Waals surface area contributed by atoms with Crippen LogP contribution in [-0.2, 0) is 68.9 Å². The first-order chi connectivity index (χ1) is 48.6. The Morgan fingerprint density at radius 3 is 1.74 bits per heavy atom. The summed E-state index contributed by atoms with van der Waals surface area (Å²) < 4.78 is 4.40. The van der Waals surface area contributed by atoms with Crippen molar-refractivity contribution >= 4 is 72.0 Å². The van der Waals surface area contributed by atoms with Gasteiger partial charge in [0.15, 0.2) is 11.3 Å². The Balaban J connectivity index is 0.000000218. The van der Waals surface area contributed by atoms with Gasteiger partial charge in [-0.25, -0.2) is 46.4 Å². The van der Waals surface area contributed by atoms with Crippen molar-refractivity contribution in [2.24, 2.45) is 7.05 Å². The summed E-state index contributed by atoms with van der Waals surface area (Å²) in [7, 11) is 3.33. The maximum Gasteiger partial charge on any atom is 0.325 e. The Morgan fingerprint density at radius 1 is 0.557 bits per heavy atom. The van der Waals surface area contributed by atoms with Crippen LogP contribution in [0.4, 0.5) is 5.82 Å². The van der Waals surface area contributed by atoms with Gasteiger partial charge in [0, 0.05) is 80.9 Å². The summed E-state index contributed by atoms with van der Waals surface area (Å²) in [5, 5.41) is 10.8. The number of nitrogens with two attached hydrogens (primary N) is 1. The van der Waals surface area contributed by atoms with Crippen LogP contribution in [-0.4, -0.2) is 86.9 Å². The fourth-order valence-corrected chi connectivity index (χ4v) is 11.9. The molecule has 6 N–H and O–H groups in total. The van der Waals surface area contributed by atoms with Crippen molar-refractivity contribution in [2.45, 2.75) is 216 Å². The number of H-pyrrole nitrogens is 3. The number of hydrogen-bond acceptors (Lipinski definition) is 15. The molecule has 20 nitrogen and oxygen atoms in total. The zero-order valence-electron chi connectivity index (χ0n) is 67.5. The Morgan fingerprint density at radius 2 is 1.17 bits per heavy atom. The minimum Gasteiger partial charge on any atom is -0.382 e. The number of aryl methyl sites for hydroxylation is 2. The molecule has 563 valence electrons. The van der Waals surface area contributed by atoms with Crippen LogP contribution in [0.25, 0.3) is 49.0 Å². The van der Waals surface area contributed by atoms with E-state index in [2.05, 4.69) is 267 Å². The van der Waals surface area contributed by atoms with Crippen LogP contribution in [0.3, 0.4) is 0 Å². The standard InChI is InChI=1S/C13H16N2O.C11H16N2O.C11H13N2.C10H13N3O.C10H13N3S.C10H13N3.C10H15N.C9H13N.V/c1-13(2,3)9-5-6-11-10(7-9)12(16)15(4)8-14-11;1-11(2,3)8-5-6-13-9(7-8)10(14)12-4;1-11(2,3)9-7-13-10-8(9)5-4-6-12-10;1-10(2,3)6-4-5-11-8-7(6)12-9(14)13-8;1-10(2,3)6-4-14-8-7(6)12-5-13-9(8)11;1-10(2,3)8-7-11-9-5-4-6-12-13(8)9;1-8-9(10(2,3)4)6-5-7-11-8;1-9(2,3)8-5-4-6-10-7-8;/h5-8H,1-4H3;5-7H,1-4H3,(H,12,14);5-7H,1-3H3,(H,12,13);4-5H,1-3H3,(H2,11,12,13,14);4-5H,1-3H3,(H2,11,12,13);4-7H,1-3H3;5-7H,1-4H3;4-7H,1-3H3;/q;;-1;;;;;;. The summed E-state index contributed by atoms with van der Waals surface area (Å²) >= 11 is 1.62. The number of nitrogens with one attached hydrogen (secondary N) is 4. The third-order valence-electron chi connectivity index (χ3n) is 16.9. The van der Waals surface area contributed by atoms with Crippen LogP contribution in [0, 0.1) is 13.0 Å². The smallest absolute Gasteiger partial charge is 0.325 e. The van der Waals surface area contributed by atoms with Gasteiger partial charge < -0.3 is 25.6 Å². The van der Waals surface area contributed by atoms with Gasteiger partial charge in [0.1, 0.15) is 17.8 Å². The molecule has 0 fully saturated rings. The van der Waals surface area contributed by atoms with Gasteiger partial charge in [-0.2, -0.15) is 5.10 Å². The number of carbonyl (C=O) groups is 1. The first-order valence-corrected chi connectivity index (χ1v) is 36.2. The second-order valence-corrected chi connectivity index (χ2v) is 34.9. The Hall–Kier alpha value is -9.57. The summed E-state index contributed by atoms with van der Waals surface area (Å²) in [6, 6.07) is 28.7. The molecule has 0 saturated heterocycles. The fraction of sp³-hybridized carbons (Fsp3) is 0.417. The third kappa shape index (κ3) is 24.2. The van der Waals surface area contributed by atoms with Gasteiger partial charge in [-0.05, 0) is 144 Å². The number of thiophene rings is 1. The number of imidazole rings is 2. The van der Waals surface area contributed by atoms with Gasteiger partial charge in [0.05, 0.1) is 50.5 Å². The van der Waals surface area contributed by atoms with E-state index in [0.717, 1.165) is 60.6 Å². The fourth-order valence-electron chi connectivity index (χ4n) is 10.7. The summed E-state index contributed by atoms with van der Waals surface area (Å²) in [5.41, 5.74) is 22.8. The number of benzene rings is 1. The van der Waals surface area contributed by atoms with Crippen LogP contribution >= 0.6 is 11.3 Å². The molecule has 0 aliphatic carbocycles.